The number of halogens is 1. The minimum atomic E-state index is 0.531. The highest BCUT2D eigenvalue weighted by Crippen LogP contribution is 2.22. The maximum absolute atomic E-state index is 6.03. The Bertz CT molecular complexity index is 414. The molecule has 0 aliphatic carbocycles. The molecule has 92 valence electrons. The summed E-state index contributed by atoms with van der Waals surface area (Å²) in [5.74, 6) is 0. The van der Waals surface area contributed by atoms with Crippen LogP contribution in [0.2, 0.25) is 5.15 Å². The van der Waals surface area contributed by atoms with Gasteiger partial charge in [0.15, 0.2) is 0 Å². The van der Waals surface area contributed by atoms with E-state index in [1.54, 1.807) is 0 Å². The Morgan fingerprint density at radius 1 is 1.53 bits per heavy atom. The molecule has 2 rings (SSSR count). The summed E-state index contributed by atoms with van der Waals surface area (Å²) in [5.41, 5.74) is 3.07. The van der Waals surface area contributed by atoms with Crippen molar-refractivity contribution in [2.45, 2.75) is 13.5 Å². The first-order chi connectivity index (χ1) is 8.16. The number of rotatable bonds is 3. The van der Waals surface area contributed by atoms with Crippen molar-refractivity contribution in [3.63, 3.8) is 0 Å². The molecule has 17 heavy (non-hydrogen) atoms. The lowest BCUT2D eigenvalue weighted by molar-refractivity contribution is 0.0341. The van der Waals surface area contributed by atoms with Crippen molar-refractivity contribution in [3.8, 4) is 0 Å². The van der Waals surface area contributed by atoms with E-state index < -0.39 is 0 Å². The maximum atomic E-state index is 6.03. The van der Waals surface area contributed by atoms with Crippen molar-refractivity contribution in [2.75, 3.05) is 26.3 Å². The molecule has 0 N–H and O–H groups in total. The van der Waals surface area contributed by atoms with Crippen LogP contribution in [0.15, 0.2) is 18.8 Å². The number of hydrogen-bond acceptors (Lipinski definition) is 3. The molecular weight excluding hydrogens is 236 g/mol. The van der Waals surface area contributed by atoms with Crippen LogP contribution in [-0.2, 0) is 11.3 Å². The van der Waals surface area contributed by atoms with Gasteiger partial charge in [-0.3, -0.25) is 4.90 Å². The Balaban J connectivity index is 2.10. The maximum Gasteiger partial charge on any atom is 0.136 e. The normalized spacial score (nSPS) is 17.1. The van der Waals surface area contributed by atoms with Gasteiger partial charge in [0.25, 0.3) is 0 Å². The van der Waals surface area contributed by atoms with Gasteiger partial charge in [-0.1, -0.05) is 18.2 Å². The third-order valence-electron chi connectivity index (χ3n) is 2.87. The average Bonchev–Trinajstić information content (AvgIpc) is 2.32. The highest BCUT2D eigenvalue weighted by molar-refractivity contribution is 6.31. The molecule has 1 aliphatic rings. The number of hydrogen-bond donors (Lipinski definition) is 0. The lowest BCUT2D eigenvalue weighted by atomic mass is 10.1. The van der Waals surface area contributed by atoms with E-state index in [0.29, 0.717) is 5.15 Å². The van der Waals surface area contributed by atoms with Gasteiger partial charge in [-0.25, -0.2) is 4.98 Å². The van der Waals surface area contributed by atoms with Crippen molar-refractivity contribution in [1.82, 2.24) is 9.88 Å². The third-order valence-corrected chi connectivity index (χ3v) is 3.17. The first kappa shape index (κ1) is 12.6. The Kier molecular flexibility index (Phi) is 4.15. The summed E-state index contributed by atoms with van der Waals surface area (Å²) in [4.78, 5) is 6.57. The van der Waals surface area contributed by atoms with Crippen molar-refractivity contribution < 1.29 is 4.74 Å². The Morgan fingerprint density at radius 2 is 2.24 bits per heavy atom. The molecule has 0 unspecified atom stereocenters. The van der Waals surface area contributed by atoms with Gasteiger partial charge in [-0.2, -0.15) is 0 Å². The zero-order valence-corrected chi connectivity index (χ0v) is 10.8. The quantitative estimate of drug-likeness (QED) is 0.774. The molecule has 3 nitrogen and oxygen atoms in total. The van der Waals surface area contributed by atoms with E-state index in [2.05, 4.69) is 22.5 Å². The molecule has 0 spiro atoms. The van der Waals surface area contributed by atoms with Crippen LogP contribution in [0.4, 0.5) is 0 Å². The monoisotopic (exact) mass is 252 g/mol. The second-order valence-corrected chi connectivity index (χ2v) is 4.71. The number of nitrogens with zero attached hydrogens (tertiary/aromatic N) is 2. The van der Waals surface area contributed by atoms with Crippen LogP contribution >= 0.6 is 11.6 Å². The molecule has 0 amide bonds. The second-order valence-electron chi connectivity index (χ2n) is 4.35. The molecule has 4 heteroatoms. The fraction of sp³-hybridized carbons (Fsp3) is 0.462. The Labute approximate surface area is 107 Å². The van der Waals surface area contributed by atoms with Gasteiger partial charge in [0.2, 0.25) is 0 Å². The second kappa shape index (κ2) is 5.63. The average molecular weight is 253 g/mol. The van der Waals surface area contributed by atoms with Gasteiger partial charge in [-0.15, -0.1) is 0 Å². The first-order valence-electron chi connectivity index (χ1n) is 5.77. The first-order valence-corrected chi connectivity index (χ1v) is 6.15. The lowest BCUT2D eigenvalue weighted by Gasteiger charge is -2.26. The zero-order valence-electron chi connectivity index (χ0n) is 10.1. The number of allylic oxidation sites excluding steroid dienone is 1. The summed E-state index contributed by atoms with van der Waals surface area (Å²) in [6, 6.07) is 2.08. The molecule has 1 saturated heterocycles. The largest absolute Gasteiger partial charge is 0.379 e. The van der Waals surface area contributed by atoms with Crippen molar-refractivity contribution in [2.24, 2.45) is 0 Å². The zero-order chi connectivity index (χ0) is 12.3. The SMILES string of the molecule is C=C(C)c1cc(CN2CCOCC2)cnc1Cl. The van der Waals surface area contributed by atoms with Gasteiger partial charge in [0.05, 0.1) is 13.2 Å². The van der Waals surface area contributed by atoms with E-state index in [1.807, 2.05) is 13.1 Å². The van der Waals surface area contributed by atoms with Crippen LogP contribution in [0.5, 0.6) is 0 Å². The molecule has 0 radical (unpaired) electrons. The van der Waals surface area contributed by atoms with E-state index in [0.717, 1.165) is 44.0 Å². The van der Waals surface area contributed by atoms with Gasteiger partial charge in [0, 0.05) is 31.4 Å². The van der Waals surface area contributed by atoms with Gasteiger partial charge < -0.3 is 4.74 Å². The summed E-state index contributed by atoms with van der Waals surface area (Å²) in [6.07, 6.45) is 1.84. The van der Waals surface area contributed by atoms with Crippen LogP contribution in [0.25, 0.3) is 5.57 Å². The molecule has 1 aromatic rings. The fourth-order valence-electron chi connectivity index (χ4n) is 1.89. The minimum absolute atomic E-state index is 0.531. The predicted molar refractivity (Wildman–Crippen MR) is 70.1 cm³/mol. The molecule has 0 saturated carbocycles. The van der Waals surface area contributed by atoms with Crippen LogP contribution in [0.1, 0.15) is 18.1 Å². The molecular formula is C13H17ClN2O. The summed E-state index contributed by atoms with van der Waals surface area (Å²) in [5, 5.41) is 0.531. The molecule has 1 fully saturated rings. The smallest absolute Gasteiger partial charge is 0.136 e. The number of morpholine rings is 1. The van der Waals surface area contributed by atoms with Crippen LogP contribution < -0.4 is 0 Å². The summed E-state index contributed by atoms with van der Waals surface area (Å²) >= 11 is 6.03. The third kappa shape index (κ3) is 3.28. The van der Waals surface area contributed by atoms with Crippen molar-refractivity contribution >= 4 is 17.2 Å². The molecule has 0 aromatic carbocycles. The fourth-order valence-corrected chi connectivity index (χ4v) is 2.16. The summed E-state index contributed by atoms with van der Waals surface area (Å²) in [7, 11) is 0. The number of pyridine rings is 1. The standard InChI is InChI=1S/C13H17ClN2O/c1-10(2)12-7-11(8-15-13(12)14)9-16-3-5-17-6-4-16/h7-8H,1,3-6,9H2,2H3. The van der Waals surface area contributed by atoms with E-state index in [1.165, 1.54) is 5.56 Å². The van der Waals surface area contributed by atoms with Crippen LogP contribution in [-0.4, -0.2) is 36.2 Å². The van der Waals surface area contributed by atoms with E-state index in [9.17, 15) is 0 Å². The molecule has 1 aliphatic heterocycles. The Morgan fingerprint density at radius 3 is 2.88 bits per heavy atom. The van der Waals surface area contributed by atoms with Gasteiger partial charge in [-0.05, 0) is 24.1 Å². The van der Waals surface area contributed by atoms with Gasteiger partial charge in [0.1, 0.15) is 5.15 Å². The van der Waals surface area contributed by atoms with Crippen molar-refractivity contribution in [3.05, 3.63) is 35.1 Å². The minimum Gasteiger partial charge on any atom is -0.379 e. The highest BCUT2D eigenvalue weighted by Gasteiger charge is 2.12. The lowest BCUT2D eigenvalue weighted by Crippen LogP contribution is -2.35. The number of aromatic nitrogens is 1. The van der Waals surface area contributed by atoms with E-state index in [4.69, 9.17) is 16.3 Å². The number of ether oxygens (including phenoxy) is 1. The van der Waals surface area contributed by atoms with Crippen LogP contribution in [0.3, 0.4) is 0 Å². The molecule has 0 bridgehead atoms. The van der Waals surface area contributed by atoms with Crippen molar-refractivity contribution in [1.29, 1.82) is 0 Å². The molecule has 0 atom stereocenters. The van der Waals surface area contributed by atoms with E-state index >= 15 is 0 Å². The predicted octanol–water partition coefficient (Wildman–Crippen LogP) is 2.60. The highest BCUT2D eigenvalue weighted by atomic mass is 35.5. The Hall–Kier alpha value is -0.900. The van der Waals surface area contributed by atoms with Crippen LogP contribution in [0, 0.1) is 0 Å². The molecule has 2 heterocycles. The summed E-state index contributed by atoms with van der Waals surface area (Å²) in [6.45, 7) is 10.3. The topological polar surface area (TPSA) is 25.4 Å². The van der Waals surface area contributed by atoms with E-state index in [-0.39, 0.29) is 0 Å². The van der Waals surface area contributed by atoms with Gasteiger partial charge >= 0.3 is 0 Å². The molecule has 1 aromatic heterocycles. The summed E-state index contributed by atoms with van der Waals surface area (Å²) < 4.78 is 5.33.